The number of piperazine rings is 1. The molecule has 0 aromatic heterocycles. The average Bonchev–Trinajstić information content (AvgIpc) is 2.40. The van der Waals surface area contributed by atoms with Gasteiger partial charge in [0.25, 0.3) is 5.91 Å². The molecule has 21 heavy (non-hydrogen) atoms. The van der Waals surface area contributed by atoms with Crippen LogP contribution in [0.5, 0.6) is 5.75 Å². The number of carbonyl (C=O) groups excluding carboxylic acids is 1. The average molecular weight is 313 g/mol. The Labute approximate surface area is 133 Å². The highest BCUT2D eigenvalue weighted by molar-refractivity contribution is 5.85. The zero-order valence-electron chi connectivity index (χ0n) is 13.2. The van der Waals surface area contributed by atoms with E-state index in [0.717, 1.165) is 24.4 Å². The van der Waals surface area contributed by atoms with Crippen LogP contribution in [0.4, 0.5) is 0 Å². The van der Waals surface area contributed by atoms with Crippen molar-refractivity contribution in [3.63, 3.8) is 0 Å². The number of rotatable bonds is 3. The van der Waals surface area contributed by atoms with Crippen molar-refractivity contribution in [1.82, 2.24) is 10.2 Å². The highest BCUT2D eigenvalue weighted by Gasteiger charge is 2.28. The molecule has 0 saturated carbocycles. The summed E-state index contributed by atoms with van der Waals surface area (Å²) >= 11 is 0. The predicted molar refractivity (Wildman–Crippen MR) is 87.3 cm³/mol. The summed E-state index contributed by atoms with van der Waals surface area (Å²) in [6, 6.07) is 6.53. The van der Waals surface area contributed by atoms with Gasteiger partial charge < -0.3 is 15.0 Å². The van der Waals surface area contributed by atoms with E-state index in [0.29, 0.717) is 6.04 Å². The monoisotopic (exact) mass is 312 g/mol. The molecule has 1 fully saturated rings. The lowest BCUT2D eigenvalue weighted by Crippen LogP contribution is -2.58. The van der Waals surface area contributed by atoms with E-state index in [2.05, 4.69) is 25.2 Å². The van der Waals surface area contributed by atoms with Crippen LogP contribution in [0.1, 0.15) is 25.0 Å². The SMILES string of the molecule is Cc1ccc(OCC(=O)N2CCNC(C)C2C)c(C)c1.Cl. The number of halogens is 1. The standard InChI is InChI=1S/C16H24N2O2.ClH/c1-11-5-6-15(12(2)9-11)20-10-16(19)18-8-7-17-13(3)14(18)4;/h5-6,9,13-14,17H,7-8,10H2,1-4H3;1H. The lowest BCUT2D eigenvalue weighted by atomic mass is 10.1. The second kappa shape index (κ2) is 7.66. The van der Waals surface area contributed by atoms with Gasteiger partial charge in [-0.25, -0.2) is 0 Å². The fourth-order valence-corrected chi connectivity index (χ4v) is 2.59. The molecule has 5 heteroatoms. The number of hydrogen-bond donors (Lipinski definition) is 1. The molecule has 0 bridgehead atoms. The van der Waals surface area contributed by atoms with Gasteiger partial charge in [0.15, 0.2) is 6.61 Å². The van der Waals surface area contributed by atoms with Gasteiger partial charge in [-0.15, -0.1) is 12.4 Å². The number of amides is 1. The number of hydrogen-bond acceptors (Lipinski definition) is 3. The Morgan fingerprint density at radius 2 is 2.10 bits per heavy atom. The van der Waals surface area contributed by atoms with Gasteiger partial charge in [-0.1, -0.05) is 17.7 Å². The summed E-state index contributed by atoms with van der Waals surface area (Å²) in [6.07, 6.45) is 0. The van der Waals surface area contributed by atoms with Gasteiger partial charge in [0, 0.05) is 25.2 Å². The molecule has 0 spiro atoms. The Kier molecular flexibility index (Phi) is 6.49. The number of nitrogens with zero attached hydrogens (tertiary/aromatic N) is 1. The first-order valence-electron chi connectivity index (χ1n) is 7.22. The third-order valence-corrected chi connectivity index (χ3v) is 4.04. The summed E-state index contributed by atoms with van der Waals surface area (Å²) in [5, 5.41) is 3.37. The third kappa shape index (κ3) is 4.35. The van der Waals surface area contributed by atoms with E-state index in [1.54, 1.807) is 0 Å². The molecule has 1 saturated heterocycles. The Bertz CT molecular complexity index is 493. The number of ether oxygens (including phenoxy) is 1. The first-order chi connectivity index (χ1) is 9.49. The van der Waals surface area contributed by atoms with E-state index in [4.69, 9.17) is 4.74 Å². The number of benzene rings is 1. The van der Waals surface area contributed by atoms with Crippen LogP contribution in [0.2, 0.25) is 0 Å². The smallest absolute Gasteiger partial charge is 0.260 e. The van der Waals surface area contributed by atoms with Crippen LogP contribution in [0.3, 0.4) is 0 Å². The fraction of sp³-hybridized carbons (Fsp3) is 0.562. The maximum absolute atomic E-state index is 12.3. The molecule has 1 aromatic carbocycles. The molecule has 118 valence electrons. The van der Waals surface area contributed by atoms with Crippen molar-refractivity contribution >= 4 is 18.3 Å². The van der Waals surface area contributed by atoms with Crippen molar-refractivity contribution in [2.45, 2.75) is 39.8 Å². The molecule has 2 unspecified atom stereocenters. The maximum Gasteiger partial charge on any atom is 0.260 e. The van der Waals surface area contributed by atoms with E-state index in [-0.39, 0.29) is 31.0 Å². The van der Waals surface area contributed by atoms with Gasteiger partial charge >= 0.3 is 0 Å². The summed E-state index contributed by atoms with van der Waals surface area (Å²) in [5.41, 5.74) is 2.27. The zero-order chi connectivity index (χ0) is 14.7. The molecule has 1 aliphatic rings. The predicted octanol–water partition coefficient (Wildman–Crippen LogP) is 2.31. The normalized spacial score (nSPS) is 21.6. The summed E-state index contributed by atoms with van der Waals surface area (Å²) in [6.45, 7) is 9.94. The maximum atomic E-state index is 12.3. The van der Waals surface area contributed by atoms with E-state index >= 15 is 0 Å². The number of aryl methyl sites for hydroxylation is 2. The highest BCUT2D eigenvalue weighted by Crippen LogP contribution is 2.19. The van der Waals surface area contributed by atoms with Gasteiger partial charge in [0.2, 0.25) is 0 Å². The summed E-state index contributed by atoms with van der Waals surface area (Å²) in [4.78, 5) is 14.2. The largest absolute Gasteiger partial charge is 0.484 e. The fourth-order valence-electron chi connectivity index (χ4n) is 2.59. The van der Waals surface area contributed by atoms with Crippen LogP contribution >= 0.6 is 12.4 Å². The van der Waals surface area contributed by atoms with E-state index < -0.39 is 0 Å². The van der Waals surface area contributed by atoms with Gasteiger partial charge in [-0.2, -0.15) is 0 Å². The van der Waals surface area contributed by atoms with Crippen molar-refractivity contribution in [3.8, 4) is 5.75 Å². The molecule has 2 rings (SSSR count). The van der Waals surface area contributed by atoms with Crippen LogP contribution < -0.4 is 10.1 Å². The molecule has 4 nitrogen and oxygen atoms in total. The Hall–Kier alpha value is -1.26. The van der Waals surface area contributed by atoms with Crippen LogP contribution in [0.15, 0.2) is 18.2 Å². The first-order valence-corrected chi connectivity index (χ1v) is 7.22. The molecule has 1 aliphatic heterocycles. The lowest BCUT2D eigenvalue weighted by Gasteiger charge is -2.38. The molecular weight excluding hydrogens is 288 g/mol. The molecule has 1 N–H and O–H groups in total. The van der Waals surface area contributed by atoms with E-state index in [1.807, 2.05) is 30.9 Å². The molecular formula is C16H25ClN2O2. The Morgan fingerprint density at radius 3 is 2.76 bits per heavy atom. The highest BCUT2D eigenvalue weighted by atomic mass is 35.5. The van der Waals surface area contributed by atoms with E-state index in [1.165, 1.54) is 5.56 Å². The Balaban J connectivity index is 0.00000220. The second-order valence-corrected chi connectivity index (χ2v) is 5.63. The summed E-state index contributed by atoms with van der Waals surface area (Å²) in [7, 11) is 0. The summed E-state index contributed by atoms with van der Waals surface area (Å²) < 4.78 is 5.68. The zero-order valence-corrected chi connectivity index (χ0v) is 14.0. The number of nitrogens with one attached hydrogen (secondary N) is 1. The van der Waals surface area contributed by atoms with Gasteiger partial charge in [0.1, 0.15) is 5.75 Å². The minimum absolute atomic E-state index is 0. The van der Waals surface area contributed by atoms with Gasteiger partial charge in [-0.3, -0.25) is 4.79 Å². The van der Waals surface area contributed by atoms with Crippen molar-refractivity contribution < 1.29 is 9.53 Å². The number of carbonyl (C=O) groups is 1. The minimum atomic E-state index is 0. The van der Waals surface area contributed by atoms with Crippen LogP contribution in [-0.2, 0) is 4.79 Å². The molecule has 1 aromatic rings. The van der Waals surface area contributed by atoms with Gasteiger partial charge in [-0.05, 0) is 39.3 Å². The van der Waals surface area contributed by atoms with Crippen LogP contribution in [0.25, 0.3) is 0 Å². The van der Waals surface area contributed by atoms with Crippen molar-refractivity contribution in [1.29, 1.82) is 0 Å². The summed E-state index contributed by atoms with van der Waals surface area (Å²) in [5.74, 6) is 0.852. The third-order valence-electron chi connectivity index (χ3n) is 4.04. The second-order valence-electron chi connectivity index (χ2n) is 5.63. The quantitative estimate of drug-likeness (QED) is 0.931. The topological polar surface area (TPSA) is 41.6 Å². The van der Waals surface area contributed by atoms with Gasteiger partial charge in [0.05, 0.1) is 0 Å². The van der Waals surface area contributed by atoms with Crippen molar-refractivity contribution in [3.05, 3.63) is 29.3 Å². The minimum Gasteiger partial charge on any atom is -0.484 e. The van der Waals surface area contributed by atoms with E-state index in [9.17, 15) is 4.79 Å². The first kappa shape index (κ1) is 17.8. The molecule has 0 radical (unpaired) electrons. The molecule has 2 atom stereocenters. The molecule has 0 aliphatic carbocycles. The molecule has 1 amide bonds. The Morgan fingerprint density at radius 1 is 1.38 bits per heavy atom. The van der Waals surface area contributed by atoms with Crippen LogP contribution in [0, 0.1) is 13.8 Å². The van der Waals surface area contributed by atoms with Crippen molar-refractivity contribution in [2.75, 3.05) is 19.7 Å². The lowest BCUT2D eigenvalue weighted by molar-refractivity contribution is -0.137. The molecule has 1 heterocycles. The van der Waals surface area contributed by atoms with Crippen molar-refractivity contribution in [2.24, 2.45) is 0 Å². The van der Waals surface area contributed by atoms with Crippen LogP contribution in [-0.4, -0.2) is 42.6 Å².